The van der Waals surface area contributed by atoms with Gasteiger partial charge in [0.2, 0.25) is 6.40 Å². The molecule has 0 heterocycles. The van der Waals surface area contributed by atoms with E-state index in [0.717, 1.165) is 0 Å². The first kappa shape index (κ1) is 7.41. The van der Waals surface area contributed by atoms with Gasteiger partial charge in [-0.05, 0) is 0 Å². The quantitative estimate of drug-likeness (QED) is 0.234. The topological polar surface area (TPSA) is 91.5 Å². The second kappa shape index (κ2) is 4.57. The Balaban J connectivity index is 3.36. The fraction of sp³-hybridized carbons (Fsp3) is 0. The second-order valence-corrected chi connectivity index (χ2v) is 0.899. The fourth-order valence-corrected chi connectivity index (χ4v) is 0.124. The van der Waals surface area contributed by atoms with Crippen LogP contribution in [0.25, 0.3) is 0 Å². The summed E-state index contributed by atoms with van der Waals surface area (Å²) in [6.07, 6.45) is 1.10. The maximum Gasteiger partial charge on any atom is 0.350 e. The lowest BCUT2D eigenvalue weighted by atomic mass is 10.8. The third-order valence-electron chi connectivity index (χ3n) is 0.318. The molecular formula is C3H4N2O4. The predicted octanol–water partition coefficient (Wildman–Crippen LogP) is -0.509. The summed E-state index contributed by atoms with van der Waals surface area (Å²) in [5.41, 5.74) is 0. The molecule has 0 bridgehead atoms. The number of nitrogens with zero attached hydrogens (tertiary/aromatic N) is 2. The van der Waals surface area contributed by atoms with E-state index in [0.29, 0.717) is 12.6 Å². The first-order valence-corrected chi connectivity index (χ1v) is 1.85. The SMILES string of the molecule is O=C(O)C=NOC=NO. The average molecular weight is 132 g/mol. The Bertz CT molecular complexity index is 141. The molecule has 2 N–H and O–H groups in total. The first-order valence-electron chi connectivity index (χ1n) is 1.85. The van der Waals surface area contributed by atoms with Crippen molar-refractivity contribution in [1.29, 1.82) is 0 Å². The van der Waals surface area contributed by atoms with Crippen molar-refractivity contribution in [2.45, 2.75) is 0 Å². The smallest absolute Gasteiger partial charge is 0.350 e. The average Bonchev–Trinajstić information content (AvgIpc) is 1.80. The van der Waals surface area contributed by atoms with E-state index in [4.69, 9.17) is 10.3 Å². The molecule has 0 saturated heterocycles. The van der Waals surface area contributed by atoms with Crippen LogP contribution >= 0.6 is 0 Å². The number of hydrogen-bond donors (Lipinski definition) is 2. The maximum atomic E-state index is 9.63. The van der Waals surface area contributed by atoms with Gasteiger partial charge in [0, 0.05) is 0 Å². The minimum Gasteiger partial charge on any atom is -0.477 e. The van der Waals surface area contributed by atoms with Crippen molar-refractivity contribution in [2.24, 2.45) is 10.3 Å². The Morgan fingerprint density at radius 2 is 2.33 bits per heavy atom. The Labute approximate surface area is 50.0 Å². The molecule has 0 aliphatic heterocycles. The van der Waals surface area contributed by atoms with Crippen molar-refractivity contribution < 1.29 is 19.9 Å². The summed E-state index contributed by atoms with van der Waals surface area (Å²) in [5.74, 6) is -1.23. The molecule has 0 aromatic carbocycles. The molecule has 0 aromatic heterocycles. The van der Waals surface area contributed by atoms with E-state index < -0.39 is 5.97 Å². The monoisotopic (exact) mass is 132 g/mol. The molecule has 0 atom stereocenters. The van der Waals surface area contributed by atoms with Gasteiger partial charge in [0.1, 0.15) is 0 Å². The Morgan fingerprint density at radius 1 is 1.67 bits per heavy atom. The van der Waals surface area contributed by atoms with E-state index in [2.05, 4.69) is 15.1 Å². The van der Waals surface area contributed by atoms with Gasteiger partial charge in [-0.25, -0.2) is 4.79 Å². The highest BCUT2D eigenvalue weighted by molar-refractivity contribution is 6.21. The lowest BCUT2D eigenvalue weighted by Crippen LogP contribution is -1.95. The number of carbonyl (C=O) groups is 1. The van der Waals surface area contributed by atoms with E-state index in [9.17, 15) is 4.79 Å². The normalized spacial score (nSPS) is 10.7. The third kappa shape index (κ3) is 6.41. The highest BCUT2D eigenvalue weighted by atomic mass is 16.6. The molecule has 0 spiro atoms. The van der Waals surface area contributed by atoms with Crippen molar-refractivity contribution in [3.8, 4) is 0 Å². The Hall–Kier alpha value is -1.59. The highest BCUT2D eigenvalue weighted by Crippen LogP contribution is 1.66. The molecular weight excluding hydrogens is 128 g/mol. The van der Waals surface area contributed by atoms with Crippen LogP contribution in [0.15, 0.2) is 10.3 Å². The van der Waals surface area contributed by atoms with Crippen LogP contribution < -0.4 is 0 Å². The summed E-state index contributed by atoms with van der Waals surface area (Å²) in [5, 5.41) is 20.7. The van der Waals surface area contributed by atoms with Gasteiger partial charge in [-0.2, -0.15) is 0 Å². The van der Waals surface area contributed by atoms with Gasteiger partial charge in [-0.3, -0.25) is 0 Å². The van der Waals surface area contributed by atoms with Crippen molar-refractivity contribution in [2.75, 3.05) is 0 Å². The minimum atomic E-state index is -1.23. The third-order valence-corrected chi connectivity index (χ3v) is 0.318. The number of carboxylic acid groups (broad SMARTS) is 1. The number of rotatable bonds is 3. The summed E-state index contributed by atoms with van der Waals surface area (Å²) in [6, 6.07) is 0. The molecule has 0 amide bonds. The lowest BCUT2D eigenvalue weighted by Gasteiger charge is -1.80. The van der Waals surface area contributed by atoms with Gasteiger partial charge in [0.25, 0.3) is 0 Å². The zero-order valence-electron chi connectivity index (χ0n) is 4.26. The largest absolute Gasteiger partial charge is 0.477 e. The van der Waals surface area contributed by atoms with Gasteiger partial charge in [0.05, 0.1) is 0 Å². The number of oxime groups is 2. The van der Waals surface area contributed by atoms with E-state index in [1.807, 2.05) is 0 Å². The first-order chi connectivity index (χ1) is 4.27. The van der Waals surface area contributed by atoms with Crippen LogP contribution in [0.2, 0.25) is 0 Å². The van der Waals surface area contributed by atoms with Crippen LogP contribution in [0.3, 0.4) is 0 Å². The van der Waals surface area contributed by atoms with Crippen LogP contribution in [0.4, 0.5) is 0 Å². The van der Waals surface area contributed by atoms with Crippen LogP contribution in [0.1, 0.15) is 0 Å². The predicted molar refractivity (Wildman–Crippen MR) is 27.5 cm³/mol. The zero-order valence-corrected chi connectivity index (χ0v) is 4.26. The minimum absolute atomic E-state index is 0.516. The molecule has 0 radical (unpaired) electrons. The van der Waals surface area contributed by atoms with Crippen molar-refractivity contribution >= 4 is 18.6 Å². The van der Waals surface area contributed by atoms with Gasteiger partial charge in [0.15, 0.2) is 6.21 Å². The molecule has 0 aromatic rings. The van der Waals surface area contributed by atoms with Gasteiger partial charge in [-0.15, -0.1) is 0 Å². The van der Waals surface area contributed by atoms with E-state index in [-0.39, 0.29) is 0 Å². The molecule has 0 aliphatic rings. The molecule has 0 rings (SSSR count). The summed E-state index contributed by atoms with van der Waals surface area (Å²) in [4.78, 5) is 13.6. The van der Waals surface area contributed by atoms with E-state index in [1.165, 1.54) is 0 Å². The van der Waals surface area contributed by atoms with Crippen molar-refractivity contribution in [3.63, 3.8) is 0 Å². The van der Waals surface area contributed by atoms with Gasteiger partial charge >= 0.3 is 5.97 Å². The molecule has 6 nitrogen and oxygen atoms in total. The summed E-state index contributed by atoms with van der Waals surface area (Å²) in [7, 11) is 0. The van der Waals surface area contributed by atoms with Gasteiger partial charge < -0.3 is 15.2 Å². The molecule has 0 unspecified atom stereocenters. The molecule has 0 fully saturated rings. The number of aliphatic carboxylic acids is 1. The maximum absolute atomic E-state index is 9.63. The highest BCUT2D eigenvalue weighted by Gasteiger charge is 1.83. The Morgan fingerprint density at radius 3 is 2.78 bits per heavy atom. The van der Waals surface area contributed by atoms with Crippen LogP contribution in [0, 0.1) is 0 Å². The molecule has 50 valence electrons. The zero-order chi connectivity index (χ0) is 7.11. The lowest BCUT2D eigenvalue weighted by molar-refractivity contribution is -0.128. The van der Waals surface area contributed by atoms with Crippen molar-refractivity contribution in [3.05, 3.63) is 0 Å². The summed E-state index contributed by atoms with van der Waals surface area (Å²) in [6.45, 7) is 0. The standard InChI is InChI=1S/C3H4N2O4/c6-3(7)1-5-9-2-4-8/h1-2,8H,(H,6,7). The number of hydrogen-bond acceptors (Lipinski definition) is 5. The van der Waals surface area contributed by atoms with Crippen LogP contribution in [-0.2, 0) is 9.63 Å². The Kier molecular flexibility index (Phi) is 3.76. The fourth-order valence-electron chi connectivity index (χ4n) is 0.124. The second-order valence-electron chi connectivity index (χ2n) is 0.899. The molecule has 6 heteroatoms. The van der Waals surface area contributed by atoms with Crippen molar-refractivity contribution in [1.82, 2.24) is 0 Å². The van der Waals surface area contributed by atoms with Gasteiger partial charge in [-0.1, -0.05) is 10.3 Å². The van der Waals surface area contributed by atoms with Crippen LogP contribution in [0.5, 0.6) is 0 Å². The summed E-state index contributed by atoms with van der Waals surface area (Å²) < 4.78 is 0. The molecule has 0 aliphatic carbocycles. The van der Waals surface area contributed by atoms with E-state index >= 15 is 0 Å². The molecule has 0 saturated carbocycles. The van der Waals surface area contributed by atoms with Crippen LogP contribution in [-0.4, -0.2) is 28.9 Å². The molecule has 9 heavy (non-hydrogen) atoms. The summed E-state index contributed by atoms with van der Waals surface area (Å²) >= 11 is 0. The van der Waals surface area contributed by atoms with E-state index in [1.54, 1.807) is 0 Å². The number of carboxylic acids is 1.